The number of nitrogens with zero attached hydrogens (tertiary/aromatic N) is 1. The van der Waals surface area contributed by atoms with Crippen LogP contribution >= 0.6 is 11.6 Å². The van der Waals surface area contributed by atoms with Gasteiger partial charge in [0.2, 0.25) is 0 Å². The number of carboxylic acids is 1. The Labute approximate surface area is 219 Å². The number of carbonyl (C=O) groups excluding carboxylic acids is 1. The van der Waals surface area contributed by atoms with Crippen LogP contribution in [0.3, 0.4) is 0 Å². The molecule has 11 nitrogen and oxygen atoms in total. The minimum atomic E-state index is -2.06. The van der Waals surface area contributed by atoms with E-state index in [1.165, 1.54) is 16.8 Å². The van der Waals surface area contributed by atoms with Gasteiger partial charge in [-0.25, -0.2) is 9.00 Å². The van der Waals surface area contributed by atoms with Crippen molar-refractivity contribution >= 4 is 40.4 Å². The highest BCUT2D eigenvalue weighted by molar-refractivity contribution is 7.78. The molecule has 37 heavy (non-hydrogen) atoms. The first kappa shape index (κ1) is 27.9. The van der Waals surface area contributed by atoms with Crippen LogP contribution in [0.4, 0.5) is 10.5 Å². The molecule has 0 radical (unpaired) electrons. The van der Waals surface area contributed by atoms with Crippen molar-refractivity contribution in [2.75, 3.05) is 5.32 Å². The second-order valence-corrected chi connectivity index (χ2v) is 9.43. The number of aromatic hydroxyl groups is 1. The summed E-state index contributed by atoms with van der Waals surface area (Å²) < 4.78 is 21.4. The molecule has 0 saturated heterocycles. The molecule has 7 N–H and O–H groups in total. The maximum atomic E-state index is 13.0. The van der Waals surface area contributed by atoms with Gasteiger partial charge in [0.1, 0.15) is 5.75 Å². The van der Waals surface area contributed by atoms with Gasteiger partial charge >= 0.3 is 12.0 Å². The highest BCUT2D eigenvalue weighted by Gasteiger charge is 2.20. The lowest BCUT2D eigenvalue weighted by molar-refractivity contribution is -0.137. The molecule has 1 aromatic heterocycles. The molecule has 3 rings (SSSR count). The van der Waals surface area contributed by atoms with E-state index in [9.17, 15) is 28.8 Å². The largest absolute Gasteiger partial charge is 0.505 e. The molecule has 0 aliphatic heterocycles. The highest BCUT2D eigenvalue weighted by Crippen LogP contribution is 2.23. The summed E-state index contributed by atoms with van der Waals surface area (Å²) >= 11 is 4.17. The normalized spacial score (nSPS) is 12.5. The van der Waals surface area contributed by atoms with Crippen molar-refractivity contribution in [2.24, 2.45) is 5.73 Å². The average Bonchev–Trinajstić information content (AvgIpc) is 2.84. The quantitative estimate of drug-likeness (QED) is 0.209. The third-order valence-corrected chi connectivity index (χ3v) is 6.37. The Hall–Kier alpha value is -3.71. The molecule has 2 aromatic carbocycles. The smallest absolute Gasteiger partial charge is 0.319 e. The number of amides is 2. The number of carboxylic acid groups (broad SMARTS) is 1. The number of halogens is 1. The molecule has 13 heteroatoms. The first-order chi connectivity index (χ1) is 17.6. The van der Waals surface area contributed by atoms with Crippen molar-refractivity contribution in [2.45, 2.75) is 31.3 Å². The van der Waals surface area contributed by atoms with Gasteiger partial charge in [0, 0.05) is 17.8 Å². The van der Waals surface area contributed by atoms with Crippen LogP contribution < -0.4 is 21.9 Å². The van der Waals surface area contributed by atoms with Crippen LogP contribution in [0.5, 0.6) is 5.75 Å². The molecule has 2 amide bonds. The van der Waals surface area contributed by atoms with Crippen LogP contribution in [0, 0.1) is 0 Å². The molecule has 3 aromatic rings. The van der Waals surface area contributed by atoms with E-state index in [-0.39, 0.29) is 12.3 Å². The topological polar surface area (TPSA) is 184 Å². The average molecular weight is 549 g/mol. The van der Waals surface area contributed by atoms with Crippen LogP contribution in [0.2, 0.25) is 5.02 Å². The summed E-state index contributed by atoms with van der Waals surface area (Å²) in [5.74, 6) is -1.76. The van der Waals surface area contributed by atoms with Crippen LogP contribution in [0.25, 0.3) is 0 Å². The fourth-order valence-electron chi connectivity index (χ4n) is 3.59. The predicted molar refractivity (Wildman–Crippen MR) is 139 cm³/mol. The number of aliphatic carboxylic acids is 1. The van der Waals surface area contributed by atoms with Gasteiger partial charge < -0.3 is 35.7 Å². The summed E-state index contributed by atoms with van der Waals surface area (Å²) in [6.07, 6.45) is 0.883. The van der Waals surface area contributed by atoms with Crippen molar-refractivity contribution < 1.29 is 28.6 Å². The Kier molecular flexibility index (Phi) is 9.42. The van der Waals surface area contributed by atoms with Crippen LogP contribution in [-0.2, 0) is 34.7 Å². The fourth-order valence-corrected chi connectivity index (χ4v) is 4.23. The monoisotopic (exact) mass is 548 g/mol. The van der Waals surface area contributed by atoms with E-state index in [0.29, 0.717) is 28.3 Å². The molecular weight excluding hydrogens is 524 g/mol. The highest BCUT2D eigenvalue weighted by atomic mass is 35.5. The number of rotatable bonds is 10. The number of hydrogen-bond donors (Lipinski definition) is 6. The Bertz CT molecular complexity index is 1380. The summed E-state index contributed by atoms with van der Waals surface area (Å²) in [5, 5.41) is 24.6. The number of anilines is 1. The second-order valence-electron chi connectivity index (χ2n) is 8.10. The van der Waals surface area contributed by atoms with Crippen LogP contribution in [0.1, 0.15) is 34.7 Å². The van der Waals surface area contributed by atoms with Crippen molar-refractivity contribution in [3.63, 3.8) is 0 Å². The first-order valence-corrected chi connectivity index (χ1v) is 12.6. The Morgan fingerprint density at radius 2 is 1.78 bits per heavy atom. The third-order valence-electron chi connectivity index (χ3n) is 5.42. The summed E-state index contributed by atoms with van der Waals surface area (Å²) in [5.41, 5.74) is 6.78. The lowest BCUT2D eigenvalue weighted by atomic mass is 10.0. The number of carbonyl (C=O) groups is 2. The van der Waals surface area contributed by atoms with E-state index in [1.807, 2.05) is 0 Å². The number of pyridine rings is 1. The minimum Gasteiger partial charge on any atom is -0.505 e. The van der Waals surface area contributed by atoms with E-state index in [2.05, 4.69) is 10.6 Å². The van der Waals surface area contributed by atoms with Crippen molar-refractivity contribution in [3.05, 3.63) is 92.4 Å². The zero-order valence-corrected chi connectivity index (χ0v) is 21.0. The molecule has 0 spiro atoms. The number of aromatic nitrogens is 1. The molecule has 0 bridgehead atoms. The van der Waals surface area contributed by atoms with E-state index in [1.54, 1.807) is 42.5 Å². The first-order valence-electron chi connectivity index (χ1n) is 10.9. The zero-order chi connectivity index (χ0) is 27.1. The SMILES string of the molecule is NCc1ccc([C@H](CC(=O)O)NC(=O)Nc2c(O)ccn(Cc3cc(CS(=O)O)ccc3Cl)c2=O)cc1. The lowest BCUT2D eigenvalue weighted by Crippen LogP contribution is -2.36. The third kappa shape index (κ3) is 7.64. The number of benzene rings is 2. The van der Waals surface area contributed by atoms with Gasteiger partial charge in [-0.1, -0.05) is 48.0 Å². The molecule has 1 unspecified atom stereocenters. The van der Waals surface area contributed by atoms with Gasteiger partial charge in [-0.15, -0.1) is 0 Å². The van der Waals surface area contributed by atoms with E-state index < -0.39 is 52.5 Å². The van der Waals surface area contributed by atoms with Crippen molar-refractivity contribution in [3.8, 4) is 5.75 Å². The van der Waals surface area contributed by atoms with E-state index >= 15 is 0 Å². The summed E-state index contributed by atoms with van der Waals surface area (Å²) in [6, 6.07) is 10.8. The molecule has 0 fully saturated rings. The zero-order valence-electron chi connectivity index (χ0n) is 19.4. The molecular formula is C24H25ClN4O7S. The summed E-state index contributed by atoms with van der Waals surface area (Å²) in [7, 11) is 0. The van der Waals surface area contributed by atoms with Crippen molar-refractivity contribution in [1.29, 1.82) is 0 Å². The molecule has 0 saturated carbocycles. The standard InChI is InChI=1S/C24H25ClN4O7S/c25-18-6-3-15(13-37(35)36)9-17(18)12-29-8-7-20(30)22(23(29)33)28-24(34)27-19(10-21(31)32)16-4-1-14(11-26)2-5-16/h1-9,19,30H,10-13,26H2,(H,31,32)(H,35,36)(H2,27,28,34)/t19-/m0/s1. The fraction of sp³-hybridized carbons (Fsp3) is 0.208. The number of urea groups is 1. The van der Waals surface area contributed by atoms with Crippen LogP contribution in [-0.4, -0.2) is 35.5 Å². The van der Waals surface area contributed by atoms with Gasteiger partial charge in [-0.3, -0.25) is 9.59 Å². The number of nitrogens with one attached hydrogen (secondary N) is 2. The molecule has 196 valence electrons. The second kappa shape index (κ2) is 12.5. The van der Waals surface area contributed by atoms with Gasteiger partial charge in [-0.05, 0) is 34.4 Å². The minimum absolute atomic E-state index is 0.0463. The maximum absolute atomic E-state index is 13.0. The van der Waals surface area contributed by atoms with E-state index in [0.717, 1.165) is 5.56 Å². The number of hydrogen-bond acceptors (Lipinski definition) is 6. The van der Waals surface area contributed by atoms with Gasteiger partial charge in [-0.2, -0.15) is 0 Å². The maximum Gasteiger partial charge on any atom is 0.319 e. The summed E-state index contributed by atoms with van der Waals surface area (Å²) in [4.78, 5) is 37.1. The van der Waals surface area contributed by atoms with Gasteiger partial charge in [0.25, 0.3) is 5.56 Å². The molecule has 2 atom stereocenters. The van der Waals surface area contributed by atoms with Gasteiger partial charge in [0.15, 0.2) is 16.8 Å². The predicted octanol–water partition coefficient (Wildman–Crippen LogP) is 2.77. The number of nitrogens with two attached hydrogens (primary N) is 1. The Morgan fingerprint density at radius 3 is 2.41 bits per heavy atom. The Morgan fingerprint density at radius 1 is 1.11 bits per heavy atom. The van der Waals surface area contributed by atoms with E-state index in [4.69, 9.17) is 21.9 Å². The summed E-state index contributed by atoms with van der Waals surface area (Å²) in [6.45, 7) is 0.253. The Balaban J connectivity index is 1.82. The molecule has 0 aliphatic rings. The molecule has 0 aliphatic carbocycles. The van der Waals surface area contributed by atoms with Gasteiger partial charge in [0.05, 0.1) is 24.8 Å². The molecule has 1 heterocycles. The van der Waals surface area contributed by atoms with Crippen LogP contribution in [0.15, 0.2) is 59.5 Å². The van der Waals surface area contributed by atoms with Crippen molar-refractivity contribution in [1.82, 2.24) is 9.88 Å². The lowest BCUT2D eigenvalue weighted by Gasteiger charge is -2.19.